The van der Waals surface area contributed by atoms with Gasteiger partial charge in [-0.05, 0) is 56.3 Å². The van der Waals surface area contributed by atoms with Crippen molar-refractivity contribution in [2.24, 2.45) is 5.92 Å². The van der Waals surface area contributed by atoms with Crippen LogP contribution < -0.4 is 10.2 Å². The van der Waals surface area contributed by atoms with Crippen molar-refractivity contribution in [1.29, 1.82) is 0 Å². The zero-order valence-corrected chi connectivity index (χ0v) is 20.9. The van der Waals surface area contributed by atoms with E-state index in [0.717, 1.165) is 58.3 Å². The van der Waals surface area contributed by atoms with Gasteiger partial charge >= 0.3 is 5.97 Å². The highest BCUT2D eigenvalue weighted by atomic mass is 35.5. The Morgan fingerprint density at radius 2 is 2.00 bits per heavy atom. The van der Waals surface area contributed by atoms with Gasteiger partial charge in [0.05, 0.1) is 18.3 Å². The maximum atomic E-state index is 13.5. The Kier molecular flexibility index (Phi) is 7.43. The molecule has 0 bridgehead atoms. The molecule has 5 rings (SSSR count). The van der Waals surface area contributed by atoms with E-state index < -0.39 is 5.82 Å². The van der Waals surface area contributed by atoms with Gasteiger partial charge in [-0.15, -0.1) is 0 Å². The number of hydrogen-bond acceptors (Lipinski definition) is 9. The number of carbonyl (C=O) groups is 1. The molecule has 11 heteroatoms. The van der Waals surface area contributed by atoms with Crippen molar-refractivity contribution < 1.29 is 13.9 Å². The molecule has 2 fully saturated rings. The summed E-state index contributed by atoms with van der Waals surface area (Å²) in [6.07, 6.45) is 8.20. The van der Waals surface area contributed by atoms with Crippen LogP contribution in [-0.4, -0.2) is 70.1 Å². The molecule has 0 spiro atoms. The van der Waals surface area contributed by atoms with Crippen molar-refractivity contribution in [2.75, 3.05) is 43.5 Å². The van der Waals surface area contributed by atoms with Crippen LogP contribution in [0.15, 0.2) is 30.7 Å². The third-order valence-electron chi connectivity index (χ3n) is 7.02. The predicted molar refractivity (Wildman–Crippen MR) is 136 cm³/mol. The molecule has 2 aliphatic heterocycles. The largest absolute Gasteiger partial charge is 0.468 e. The Hall–Kier alpha value is -3.11. The van der Waals surface area contributed by atoms with E-state index in [4.69, 9.17) is 21.3 Å². The standard InChI is InChI=1S/C25H29ClFN7O2/c1-36-24(35)21-4-2-3-9-34(21)14-16-7-10-33(11-8-16)25-28-13-20-22(32-25)23(30-15-29-20)31-17-5-6-19(27)18(26)12-17/h5-6,12-13,15-16,21H,2-4,7-11,14H2,1H3,(H,29,30,31). The van der Waals surface area contributed by atoms with Gasteiger partial charge in [0.15, 0.2) is 5.82 Å². The molecule has 2 aromatic heterocycles. The zero-order chi connectivity index (χ0) is 25.1. The van der Waals surface area contributed by atoms with Gasteiger partial charge in [-0.25, -0.2) is 24.3 Å². The highest BCUT2D eigenvalue weighted by molar-refractivity contribution is 6.31. The van der Waals surface area contributed by atoms with Gasteiger partial charge in [0.2, 0.25) is 5.95 Å². The number of benzene rings is 1. The number of ether oxygens (including phenoxy) is 1. The zero-order valence-electron chi connectivity index (χ0n) is 20.2. The third kappa shape index (κ3) is 5.34. The summed E-state index contributed by atoms with van der Waals surface area (Å²) in [6.45, 7) is 3.52. The number of rotatable bonds is 6. The van der Waals surface area contributed by atoms with Crippen molar-refractivity contribution in [3.8, 4) is 0 Å². The van der Waals surface area contributed by atoms with Gasteiger partial charge in [0.1, 0.15) is 29.2 Å². The first-order valence-corrected chi connectivity index (χ1v) is 12.7. The SMILES string of the molecule is COC(=O)C1CCCCN1CC1CCN(c2ncc3ncnc(Nc4ccc(F)c(Cl)c4)c3n2)CC1. The lowest BCUT2D eigenvalue weighted by atomic mass is 9.93. The topological polar surface area (TPSA) is 96.4 Å². The molecule has 0 radical (unpaired) electrons. The summed E-state index contributed by atoms with van der Waals surface area (Å²) in [5.41, 5.74) is 1.79. The first-order valence-electron chi connectivity index (χ1n) is 12.3. The molecule has 1 atom stereocenters. The van der Waals surface area contributed by atoms with Gasteiger partial charge in [-0.3, -0.25) is 9.69 Å². The number of hydrogen-bond donors (Lipinski definition) is 1. The van der Waals surface area contributed by atoms with E-state index >= 15 is 0 Å². The lowest BCUT2D eigenvalue weighted by molar-refractivity contribution is -0.148. The quantitative estimate of drug-likeness (QED) is 0.486. The Balaban J connectivity index is 1.27. The maximum absolute atomic E-state index is 13.5. The number of methoxy groups -OCH3 is 1. The van der Waals surface area contributed by atoms with Gasteiger partial charge in [-0.2, -0.15) is 0 Å². The van der Waals surface area contributed by atoms with Gasteiger partial charge in [-0.1, -0.05) is 18.0 Å². The highest BCUT2D eigenvalue weighted by Crippen LogP contribution is 2.28. The van der Waals surface area contributed by atoms with E-state index in [1.165, 1.54) is 25.6 Å². The van der Waals surface area contributed by atoms with Crippen molar-refractivity contribution in [3.63, 3.8) is 0 Å². The molecule has 190 valence electrons. The Bertz CT molecular complexity index is 1240. The lowest BCUT2D eigenvalue weighted by Gasteiger charge is -2.39. The molecule has 4 heterocycles. The first kappa shape index (κ1) is 24.6. The summed E-state index contributed by atoms with van der Waals surface area (Å²) < 4.78 is 18.6. The Labute approximate surface area is 214 Å². The summed E-state index contributed by atoms with van der Waals surface area (Å²) in [5, 5.41) is 3.19. The molecule has 2 saturated heterocycles. The molecule has 36 heavy (non-hydrogen) atoms. The van der Waals surface area contributed by atoms with Crippen LogP contribution in [0.5, 0.6) is 0 Å². The van der Waals surface area contributed by atoms with Crippen molar-refractivity contribution >= 4 is 46.1 Å². The number of halogens is 2. The predicted octanol–water partition coefficient (Wildman–Crippen LogP) is 4.20. The van der Waals surface area contributed by atoms with E-state index in [0.29, 0.717) is 34.4 Å². The molecular weight excluding hydrogens is 485 g/mol. The van der Waals surface area contributed by atoms with Crippen molar-refractivity contribution in [3.05, 3.63) is 41.6 Å². The second-order valence-corrected chi connectivity index (χ2v) is 9.75. The minimum Gasteiger partial charge on any atom is -0.468 e. The molecule has 1 aromatic carbocycles. The number of nitrogens with zero attached hydrogens (tertiary/aromatic N) is 6. The van der Waals surface area contributed by atoms with E-state index in [9.17, 15) is 9.18 Å². The van der Waals surface area contributed by atoms with Crippen LogP contribution >= 0.6 is 11.6 Å². The van der Waals surface area contributed by atoms with Crippen LogP contribution in [0.25, 0.3) is 11.0 Å². The molecule has 0 aliphatic carbocycles. The number of nitrogens with one attached hydrogen (secondary N) is 1. The average Bonchev–Trinajstić information content (AvgIpc) is 2.91. The van der Waals surface area contributed by atoms with Crippen LogP contribution in [0.4, 0.5) is 21.8 Å². The minimum absolute atomic E-state index is 0.0269. The van der Waals surface area contributed by atoms with E-state index in [1.807, 2.05) is 0 Å². The van der Waals surface area contributed by atoms with E-state index in [1.54, 1.807) is 12.3 Å². The number of carbonyl (C=O) groups excluding carboxylic acids is 1. The first-order chi connectivity index (χ1) is 17.5. The Morgan fingerprint density at radius 3 is 2.78 bits per heavy atom. The van der Waals surface area contributed by atoms with E-state index in [-0.39, 0.29) is 17.0 Å². The molecule has 0 amide bonds. The van der Waals surface area contributed by atoms with Gasteiger partial charge < -0.3 is 15.0 Å². The molecular formula is C25H29ClFN7O2. The molecule has 1 unspecified atom stereocenters. The lowest BCUT2D eigenvalue weighted by Crippen LogP contribution is -2.48. The number of anilines is 3. The molecule has 9 nitrogen and oxygen atoms in total. The number of aromatic nitrogens is 4. The monoisotopic (exact) mass is 513 g/mol. The summed E-state index contributed by atoms with van der Waals surface area (Å²) in [5.74, 6) is 1.03. The van der Waals surface area contributed by atoms with Crippen LogP contribution in [0, 0.1) is 11.7 Å². The fourth-order valence-corrected chi connectivity index (χ4v) is 5.24. The second kappa shape index (κ2) is 10.9. The number of fused-ring (bicyclic) bond motifs is 1. The normalized spacial score (nSPS) is 19.4. The van der Waals surface area contributed by atoms with Crippen LogP contribution in [0.2, 0.25) is 5.02 Å². The van der Waals surface area contributed by atoms with Gasteiger partial charge in [0, 0.05) is 25.3 Å². The van der Waals surface area contributed by atoms with Crippen LogP contribution in [-0.2, 0) is 9.53 Å². The molecule has 1 N–H and O–H groups in total. The van der Waals surface area contributed by atoms with Gasteiger partial charge in [0.25, 0.3) is 0 Å². The number of esters is 1. The van der Waals surface area contributed by atoms with Crippen molar-refractivity contribution in [1.82, 2.24) is 24.8 Å². The molecule has 3 aromatic rings. The number of likely N-dealkylation sites (tertiary alicyclic amines) is 1. The second-order valence-electron chi connectivity index (χ2n) is 9.34. The summed E-state index contributed by atoms with van der Waals surface area (Å²) in [6, 6.07) is 4.28. The smallest absolute Gasteiger partial charge is 0.323 e. The summed E-state index contributed by atoms with van der Waals surface area (Å²) in [4.78, 5) is 34.6. The highest BCUT2D eigenvalue weighted by Gasteiger charge is 2.32. The average molecular weight is 514 g/mol. The molecule has 2 aliphatic rings. The third-order valence-corrected chi connectivity index (χ3v) is 7.31. The van der Waals surface area contributed by atoms with Crippen LogP contribution in [0.1, 0.15) is 32.1 Å². The van der Waals surface area contributed by atoms with Crippen LogP contribution in [0.3, 0.4) is 0 Å². The maximum Gasteiger partial charge on any atom is 0.323 e. The molecule has 0 saturated carbocycles. The Morgan fingerprint density at radius 1 is 1.17 bits per heavy atom. The van der Waals surface area contributed by atoms with Crippen molar-refractivity contribution in [2.45, 2.75) is 38.1 Å². The summed E-state index contributed by atoms with van der Waals surface area (Å²) >= 11 is 5.92. The minimum atomic E-state index is -0.483. The summed E-state index contributed by atoms with van der Waals surface area (Å²) in [7, 11) is 1.47. The fraction of sp³-hybridized carbons (Fsp3) is 0.480. The number of piperidine rings is 2. The fourth-order valence-electron chi connectivity index (χ4n) is 5.06. The van der Waals surface area contributed by atoms with E-state index in [2.05, 4.69) is 30.1 Å².